The van der Waals surface area contributed by atoms with E-state index >= 15 is 0 Å². The molecule has 2 aromatic carbocycles. The first-order valence-corrected chi connectivity index (χ1v) is 6.36. The highest BCUT2D eigenvalue weighted by atomic mass is 16.5. The summed E-state index contributed by atoms with van der Waals surface area (Å²) in [6.07, 6.45) is 0. The highest BCUT2D eigenvalue weighted by Crippen LogP contribution is 2.32. The predicted molar refractivity (Wildman–Crippen MR) is 83.3 cm³/mol. The third-order valence-electron chi connectivity index (χ3n) is 3.33. The topological polar surface area (TPSA) is 62.3 Å². The van der Waals surface area contributed by atoms with Crippen molar-refractivity contribution in [1.82, 2.24) is 0 Å². The van der Waals surface area contributed by atoms with Crippen molar-refractivity contribution in [2.24, 2.45) is 5.73 Å². The van der Waals surface area contributed by atoms with Crippen LogP contribution in [0.3, 0.4) is 0 Å². The number of nitrogens with two attached hydrogens (primary N) is 1. The van der Waals surface area contributed by atoms with Crippen LogP contribution >= 0.6 is 0 Å². The lowest BCUT2D eigenvalue weighted by Gasteiger charge is -2.22. The van der Waals surface area contributed by atoms with E-state index in [1.165, 1.54) is 0 Å². The molecule has 2 aromatic rings. The zero-order valence-corrected chi connectivity index (χ0v) is 12.0. The molecule has 3 N–H and O–H groups in total. The van der Waals surface area contributed by atoms with Gasteiger partial charge in [0.05, 0.1) is 12.8 Å². The van der Waals surface area contributed by atoms with Crippen molar-refractivity contribution in [2.75, 3.05) is 19.1 Å². The highest BCUT2D eigenvalue weighted by molar-refractivity contribution is 5.96. The summed E-state index contributed by atoms with van der Waals surface area (Å²) in [4.78, 5) is 2.05. The van der Waals surface area contributed by atoms with Crippen LogP contribution in [0.1, 0.15) is 11.1 Å². The summed E-state index contributed by atoms with van der Waals surface area (Å²) in [7, 11) is 3.65. The van der Waals surface area contributed by atoms with E-state index in [9.17, 15) is 0 Å². The van der Waals surface area contributed by atoms with Crippen LogP contribution in [0.5, 0.6) is 5.75 Å². The van der Waals surface area contributed by atoms with Crippen LogP contribution in [0.2, 0.25) is 0 Å². The van der Waals surface area contributed by atoms with Crippen molar-refractivity contribution < 1.29 is 4.74 Å². The summed E-state index contributed by atoms with van der Waals surface area (Å²) in [6.45, 7) is 1.95. The van der Waals surface area contributed by atoms with E-state index in [1.807, 2.05) is 56.4 Å². The van der Waals surface area contributed by atoms with Crippen LogP contribution in [0.4, 0.5) is 11.4 Å². The third-order valence-corrected chi connectivity index (χ3v) is 3.33. The molecule has 0 heterocycles. The Morgan fingerprint density at radius 1 is 1.20 bits per heavy atom. The molecule has 0 aliphatic carbocycles. The molecule has 0 atom stereocenters. The molecule has 0 spiro atoms. The second-order valence-corrected chi connectivity index (χ2v) is 4.64. The molecule has 2 rings (SSSR count). The standard InChI is InChI=1S/C16H19N3O/c1-11-10-12(8-9-13(11)16(17)18)19(2)14-6-4-5-7-15(14)20-3/h4-10H,1-3H3,(H3,17,18). The fraction of sp³-hybridized carbons (Fsp3) is 0.188. The molecular weight excluding hydrogens is 250 g/mol. The van der Waals surface area contributed by atoms with E-state index in [0.717, 1.165) is 28.3 Å². The van der Waals surface area contributed by atoms with Gasteiger partial charge in [-0.05, 0) is 42.8 Å². The van der Waals surface area contributed by atoms with Gasteiger partial charge in [0, 0.05) is 18.3 Å². The first kappa shape index (κ1) is 13.9. The fourth-order valence-corrected chi connectivity index (χ4v) is 2.20. The van der Waals surface area contributed by atoms with E-state index in [-0.39, 0.29) is 5.84 Å². The molecule has 0 aromatic heterocycles. The number of amidine groups is 1. The maximum Gasteiger partial charge on any atom is 0.142 e. The lowest BCUT2D eigenvalue weighted by Crippen LogP contribution is -2.15. The van der Waals surface area contributed by atoms with E-state index < -0.39 is 0 Å². The Bertz CT molecular complexity index is 637. The molecule has 0 fully saturated rings. The number of ether oxygens (including phenoxy) is 1. The van der Waals surface area contributed by atoms with Gasteiger partial charge in [-0.3, -0.25) is 5.41 Å². The van der Waals surface area contributed by atoms with Crippen LogP contribution in [0.15, 0.2) is 42.5 Å². The molecule has 0 radical (unpaired) electrons. The van der Waals surface area contributed by atoms with E-state index in [1.54, 1.807) is 7.11 Å². The van der Waals surface area contributed by atoms with Crippen LogP contribution in [0, 0.1) is 12.3 Å². The Balaban J connectivity index is 2.41. The van der Waals surface area contributed by atoms with Crippen molar-refractivity contribution in [3.8, 4) is 5.75 Å². The second kappa shape index (κ2) is 5.65. The van der Waals surface area contributed by atoms with Gasteiger partial charge in [-0.1, -0.05) is 12.1 Å². The lowest BCUT2D eigenvalue weighted by molar-refractivity contribution is 0.415. The number of rotatable bonds is 4. The minimum Gasteiger partial charge on any atom is -0.495 e. The van der Waals surface area contributed by atoms with Gasteiger partial charge >= 0.3 is 0 Å². The van der Waals surface area contributed by atoms with Gasteiger partial charge in [-0.25, -0.2) is 0 Å². The van der Waals surface area contributed by atoms with Crippen molar-refractivity contribution in [1.29, 1.82) is 5.41 Å². The number of nitrogens with one attached hydrogen (secondary N) is 1. The molecule has 0 unspecified atom stereocenters. The summed E-state index contributed by atoms with van der Waals surface area (Å²) in [5.41, 5.74) is 9.31. The largest absolute Gasteiger partial charge is 0.495 e. The molecule has 104 valence electrons. The van der Waals surface area contributed by atoms with Crippen molar-refractivity contribution >= 4 is 17.2 Å². The molecule has 0 amide bonds. The number of aryl methyl sites for hydroxylation is 1. The van der Waals surface area contributed by atoms with Crippen LogP contribution in [-0.2, 0) is 0 Å². The lowest BCUT2D eigenvalue weighted by atomic mass is 10.1. The first-order valence-electron chi connectivity index (χ1n) is 6.36. The maximum atomic E-state index is 7.53. The Hall–Kier alpha value is -2.49. The number of nitrogens with zero attached hydrogens (tertiary/aromatic N) is 1. The van der Waals surface area contributed by atoms with E-state index in [4.69, 9.17) is 15.9 Å². The number of nitrogen functional groups attached to an aromatic ring is 1. The molecule has 0 aliphatic rings. The minimum atomic E-state index is 0.0917. The zero-order chi connectivity index (χ0) is 14.7. The average molecular weight is 269 g/mol. The van der Waals surface area contributed by atoms with Gasteiger partial charge in [0.25, 0.3) is 0 Å². The Morgan fingerprint density at radius 2 is 1.90 bits per heavy atom. The molecule has 0 saturated heterocycles. The third kappa shape index (κ3) is 2.59. The van der Waals surface area contributed by atoms with E-state index in [2.05, 4.69) is 4.90 Å². The van der Waals surface area contributed by atoms with Crippen LogP contribution in [-0.4, -0.2) is 20.0 Å². The maximum absolute atomic E-state index is 7.53. The number of hydrogen-bond acceptors (Lipinski definition) is 3. The zero-order valence-electron chi connectivity index (χ0n) is 12.0. The molecular formula is C16H19N3O. The number of anilines is 2. The van der Waals surface area contributed by atoms with Gasteiger partial charge in [0.1, 0.15) is 11.6 Å². The second-order valence-electron chi connectivity index (χ2n) is 4.64. The molecule has 4 nitrogen and oxygen atoms in total. The van der Waals surface area contributed by atoms with Gasteiger partial charge in [-0.15, -0.1) is 0 Å². The Morgan fingerprint density at radius 3 is 2.50 bits per heavy atom. The van der Waals surface area contributed by atoms with Crippen LogP contribution < -0.4 is 15.4 Å². The summed E-state index contributed by atoms with van der Waals surface area (Å²) in [5.74, 6) is 0.914. The fourth-order valence-electron chi connectivity index (χ4n) is 2.20. The summed E-state index contributed by atoms with van der Waals surface area (Å²) in [5, 5.41) is 7.53. The quantitative estimate of drug-likeness (QED) is 0.662. The van der Waals surface area contributed by atoms with Gasteiger partial charge < -0.3 is 15.4 Å². The highest BCUT2D eigenvalue weighted by Gasteiger charge is 2.11. The molecule has 4 heteroatoms. The molecule has 0 saturated carbocycles. The number of para-hydroxylation sites is 2. The summed E-state index contributed by atoms with van der Waals surface area (Å²) < 4.78 is 5.38. The summed E-state index contributed by atoms with van der Waals surface area (Å²) >= 11 is 0. The van der Waals surface area contributed by atoms with Gasteiger partial charge in [0.2, 0.25) is 0 Å². The predicted octanol–water partition coefficient (Wildman–Crippen LogP) is 3.06. The Kier molecular flexibility index (Phi) is 3.94. The number of benzene rings is 2. The van der Waals surface area contributed by atoms with E-state index in [0.29, 0.717) is 0 Å². The SMILES string of the molecule is COc1ccccc1N(C)c1ccc(C(=N)N)c(C)c1. The normalized spacial score (nSPS) is 10.2. The number of hydrogen-bond donors (Lipinski definition) is 2. The smallest absolute Gasteiger partial charge is 0.142 e. The Labute approximate surface area is 119 Å². The van der Waals surface area contributed by atoms with Gasteiger partial charge in [-0.2, -0.15) is 0 Å². The monoisotopic (exact) mass is 269 g/mol. The number of methoxy groups -OCH3 is 1. The minimum absolute atomic E-state index is 0.0917. The first-order chi connectivity index (χ1) is 9.54. The molecule has 20 heavy (non-hydrogen) atoms. The molecule has 0 bridgehead atoms. The van der Waals surface area contributed by atoms with Crippen molar-refractivity contribution in [2.45, 2.75) is 6.92 Å². The van der Waals surface area contributed by atoms with Gasteiger partial charge in [0.15, 0.2) is 0 Å². The van der Waals surface area contributed by atoms with Crippen LogP contribution in [0.25, 0.3) is 0 Å². The molecule has 0 aliphatic heterocycles. The average Bonchev–Trinajstić information content (AvgIpc) is 2.45. The van der Waals surface area contributed by atoms with Crippen molar-refractivity contribution in [3.05, 3.63) is 53.6 Å². The van der Waals surface area contributed by atoms with Crippen molar-refractivity contribution in [3.63, 3.8) is 0 Å². The summed E-state index contributed by atoms with van der Waals surface area (Å²) in [6, 6.07) is 13.7.